The SMILES string of the molecule is CC(=O)c1c(SCC(=O)c2ccccc2)sc(C(=O)c2ccccc2)c1O. The molecule has 2 aromatic carbocycles. The van der Waals surface area contributed by atoms with Gasteiger partial charge in [-0.15, -0.1) is 23.1 Å². The minimum atomic E-state index is -0.346. The van der Waals surface area contributed by atoms with E-state index in [1.54, 1.807) is 54.6 Å². The molecule has 0 unspecified atom stereocenters. The molecule has 1 heterocycles. The summed E-state index contributed by atoms with van der Waals surface area (Å²) in [7, 11) is 0. The molecule has 27 heavy (non-hydrogen) atoms. The maximum Gasteiger partial charge on any atom is 0.206 e. The molecule has 1 N–H and O–H groups in total. The molecule has 0 radical (unpaired) electrons. The molecule has 3 aromatic rings. The van der Waals surface area contributed by atoms with Gasteiger partial charge in [0.05, 0.1) is 15.5 Å². The Kier molecular flexibility index (Phi) is 5.88. The maximum absolute atomic E-state index is 12.7. The second kappa shape index (κ2) is 8.33. The smallest absolute Gasteiger partial charge is 0.206 e. The van der Waals surface area contributed by atoms with E-state index >= 15 is 0 Å². The van der Waals surface area contributed by atoms with E-state index in [0.29, 0.717) is 15.3 Å². The number of thioether (sulfide) groups is 1. The number of carbonyl (C=O) groups is 3. The third-order valence-corrected chi connectivity index (χ3v) is 6.32. The van der Waals surface area contributed by atoms with Crippen LogP contribution < -0.4 is 0 Å². The van der Waals surface area contributed by atoms with E-state index in [9.17, 15) is 19.5 Å². The first kappa shape index (κ1) is 19.1. The number of ketones is 3. The summed E-state index contributed by atoms with van der Waals surface area (Å²) < 4.78 is 0.476. The summed E-state index contributed by atoms with van der Waals surface area (Å²) in [6, 6.07) is 17.4. The van der Waals surface area contributed by atoms with Crippen LogP contribution in [0.2, 0.25) is 0 Å². The van der Waals surface area contributed by atoms with Crippen LogP contribution in [0.3, 0.4) is 0 Å². The number of benzene rings is 2. The molecule has 4 nitrogen and oxygen atoms in total. The van der Waals surface area contributed by atoms with E-state index in [4.69, 9.17) is 0 Å². The summed E-state index contributed by atoms with van der Waals surface area (Å²) in [4.78, 5) is 37.1. The van der Waals surface area contributed by atoms with Gasteiger partial charge in [-0.25, -0.2) is 0 Å². The molecule has 0 spiro atoms. The van der Waals surface area contributed by atoms with Crippen molar-refractivity contribution in [2.24, 2.45) is 0 Å². The lowest BCUT2D eigenvalue weighted by atomic mass is 10.1. The predicted octanol–water partition coefficient (Wildman–Crippen LogP) is 4.86. The molecular formula is C21H16O4S2. The zero-order chi connectivity index (χ0) is 19.4. The molecule has 0 atom stereocenters. The van der Waals surface area contributed by atoms with E-state index in [1.165, 1.54) is 6.92 Å². The van der Waals surface area contributed by atoms with Crippen molar-refractivity contribution in [1.29, 1.82) is 0 Å². The first-order valence-corrected chi connectivity index (χ1v) is 9.96. The molecule has 0 saturated heterocycles. The molecule has 136 valence electrons. The fourth-order valence-electron chi connectivity index (χ4n) is 2.53. The monoisotopic (exact) mass is 396 g/mol. The standard InChI is InChI=1S/C21H16O4S2/c1-13(22)17-19(25)20(18(24)15-10-6-3-7-11-15)27-21(17)26-12-16(23)14-8-4-2-5-9-14/h2-11,25H,12H2,1H3. The third kappa shape index (κ3) is 4.18. The predicted molar refractivity (Wildman–Crippen MR) is 107 cm³/mol. The number of rotatable bonds is 7. The van der Waals surface area contributed by atoms with Gasteiger partial charge in [-0.05, 0) is 6.92 Å². The van der Waals surface area contributed by atoms with Crippen LogP contribution in [0.15, 0.2) is 64.9 Å². The highest BCUT2D eigenvalue weighted by Gasteiger charge is 2.26. The summed E-state index contributed by atoms with van der Waals surface area (Å²) in [6.07, 6.45) is 0. The number of thiophene rings is 1. The molecule has 0 aliphatic rings. The van der Waals surface area contributed by atoms with Gasteiger partial charge in [-0.2, -0.15) is 0 Å². The number of Topliss-reactive ketones (excluding diaryl/α,β-unsaturated/α-hetero) is 2. The molecule has 0 aliphatic heterocycles. The van der Waals surface area contributed by atoms with Crippen molar-refractivity contribution in [3.05, 3.63) is 82.2 Å². The quantitative estimate of drug-likeness (QED) is 0.456. The Morgan fingerprint density at radius 2 is 1.48 bits per heavy atom. The second-order valence-electron chi connectivity index (χ2n) is 5.77. The lowest BCUT2D eigenvalue weighted by Crippen LogP contribution is -2.02. The Labute approximate surface area is 164 Å². The molecule has 1 aromatic heterocycles. The highest BCUT2D eigenvalue weighted by atomic mass is 32.2. The lowest BCUT2D eigenvalue weighted by molar-refractivity contribution is 0.100. The second-order valence-corrected chi connectivity index (χ2v) is 8.04. The van der Waals surface area contributed by atoms with E-state index in [2.05, 4.69) is 0 Å². The van der Waals surface area contributed by atoms with Crippen LogP contribution in [0, 0.1) is 0 Å². The van der Waals surface area contributed by atoms with Crippen LogP contribution in [-0.2, 0) is 0 Å². The van der Waals surface area contributed by atoms with Crippen molar-refractivity contribution >= 4 is 40.4 Å². The van der Waals surface area contributed by atoms with Gasteiger partial charge < -0.3 is 5.11 Å². The lowest BCUT2D eigenvalue weighted by Gasteiger charge is -2.01. The Hall–Kier alpha value is -2.70. The summed E-state index contributed by atoms with van der Waals surface area (Å²) in [5, 5.41) is 10.5. The molecular weight excluding hydrogens is 380 g/mol. The summed E-state index contributed by atoms with van der Waals surface area (Å²) >= 11 is 2.21. The first-order valence-electron chi connectivity index (χ1n) is 8.16. The molecule has 0 aliphatic carbocycles. The van der Waals surface area contributed by atoms with Gasteiger partial charge in [0.2, 0.25) is 5.78 Å². The van der Waals surface area contributed by atoms with Crippen molar-refractivity contribution in [3.63, 3.8) is 0 Å². The molecule has 6 heteroatoms. The number of aromatic hydroxyl groups is 1. The van der Waals surface area contributed by atoms with Crippen LogP contribution in [0.5, 0.6) is 5.75 Å². The zero-order valence-corrected chi connectivity index (χ0v) is 16.1. The molecule has 3 rings (SSSR count). The van der Waals surface area contributed by atoms with Crippen molar-refractivity contribution < 1.29 is 19.5 Å². The van der Waals surface area contributed by atoms with Crippen molar-refractivity contribution in [2.75, 3.05) is 5.75 Å². The van der Waals surface area contributed by atoms with E-state index in [-0.39, 0.29) is 39.3 Å². The van der Waals surface area contributed by atoms with Crippen LogP contribution in [0.1, 0.15) is 42.9 Å². The highest BCUT2D eigenvalue weighted by Crippen LogP contribution is 2.42. The van der Waals surface area contributed by atoms with Crippen molar-refractivity contribution in [2.45, 2.75) is 11.1 Å². The van der Waals surface area contributed by atoms with E-state index in [1.807, 2.05) is 6.07 Å². The zero-order valence-electron chi connectivity index (χ0n) is 14.5. The summed E-state index contributed by atoms with van der Waals surface area (Å²) in [5.74, 6) is -0.967. The van der Waals surface area contributed by atoms with Gasteiger partial charge in [0.1, 0.15) is 10.6 Å². The summed E-state index contributed by atoms with van der Waals surface area (Å²) in [5.41, 5.74) is 1.11. The normalized spacial score (nSPS) is 10.6. The van der Waals surface area contributed by atoms with Crippen molar-refractivity contribution in [1.82, 2.24) is 0 Å². The van der Waals surface area contributed by atoms with Crippen LogP contribution in [0.4, 0.5) is 0 Å². The third-order valence-electron chi connectivity index (χ3n) is 3.88. The van der Waals surface area contributed by atoms with Crippen molar-refractivity contribution in [3.8, 4) is 5.75 Å². The Bertz CT molecular complexity index is 992. The van der Waals surface area contributed by atoms with Crippen LogP contribution in [0.25, 0.3) is 0 Å². The van der Waals surface area contributed by atoms with Gasteiger partial charge in [0.25, 0.3) is 0 Å². The largest absolute Gasteiger partial charge is 0.505 e. The van der Waals surface area contributed by atoms with E-state index in [0.717, 1.165) is 23.1 Å². The maximum atomic E-state index is 12.7. The Balaban J connectivity index is 1.88. The topological polar surface area (TPSA) is 71.4 Å². The van der Waals surface area contributed by atoms with Crippen LogP contribution in [-0.4, -0.2) is 28.2 Å². The summed E-state index contributed by atoms with van der Waals surface area (Å²) in [6.45, 7) is 1.33. The van der Waals surface area contributed by atoms with Crippen LogP contribution >= 0.6 is 23.1 Å². The fraction of sp³-hybridized carbons (Fsp3) is 0.0952. The number of hydrogen-bond donors (Lipinski definition) is 1. The average Bonchev–Trinajstić information content (AvgIpc) is 3.03. The van der Waals surface area contributed by atoms with E-state index < -0.39 is 0 Å². The van der Waals surface area contributed by atoms with Gasteiger partial charge in [-0.1, -0.05) is 60.7 Å². The minimum absolute atomic E-state index is 0.0843. The van der Waals surface area contributed by atoms with Gasteiger partial charge >= 0.3 is 0 Å². The fourth-order valence-corrected chi connectivity index (χ4v) is 4.94. The Morgan fingerprint density at radius 1 is 0.926 bits per heavy atom. The highest BCUT2D eigenvalue weighted by molar-refractivity contribution is 8.01. The molecule has 0 bridgehead atoms. The minimum Gasteiger partial charge on any atom is -0.505 e. The van der Waals surface area contributed by atoms with Gasteiger partial charge in [0.15, 0.2) is 11.6 Å². The van der Waals surface area contributed by atoms with Gasteiger partial charge in [0, 0.05) is 11.1 Å². The number of carbonyl (C=O) groups excluding carboxylic acids is 3. The number of hydrogen-bond acceptors (Lipinski definition) is 6. The first-order chi connectivity index (χ1) is 13.0. The Morgan fingerprint density at radius 3 is 2.04 bits per heavy atom. The molecule has 0 saturated carbocycles. The van der Waals surface area contributed by atoms with Gasteiger partial charge in [-0.3, -0.25) is 14.4 Å². The molecule has 0 fully saturated rings. The average molecular weight is 396 g/mol. The molecule has 0 amide bonds.